The molecule has 0 N–H and O–H groups in total. The fraction of sp³-hybridized carbons (Fsp3) is 0.115. The Balaban J connectivity index is 1.54. The number of aldehydes is 1. The quantitative estimate of drug-likeness (QED) is 0.393. The van der Waals surface area contributed by atoms with Crippen LogP contribution in [0.25, 0.3) is 16.9 Å². The van der Waals surface area contributed by atoms with Crippen molar-refractivity contribution in [1.82, 2.24) is 14.7 Å². The van der Waals surface area contributed by atoms with Gasteiger partial charge in [-0.25, -0.2) is 4.68 Å². The molecule has 0 radical (unpaired) electrons. The summed E-state index contributed by atoms with van der Waals surface area (Å²) in [5, 5.41) is 4.79. The molecule has 0 bridgehead atoms. The Morgan fingerprint density at radius 1 is 0.969 bits per heavy atom. The maximum Gasteiger partial charge on any atom is 0.260 e. The Hall–Kier alpha value is -4.19. The van der Waals surface area contributed by atoms with Crippen LogP contribution in [0.2, 0.25) is 0 Å². The van der Waals surface area contributed by atoms with Crippen LogP contribution in [0.5, 0.6) is 5.75 Å². The molecule has 3 aromatic carbocycles. The highest BCUT2D eigenvalue weighted by Crippen LogP contribution is 2.25. The molecule has 4 aromatic rings. The molecule has 0 unspecified atom stereocenters. The number of aromatic nitrogens is 2. The fourth-order valence-electron chi connectivity index (χ4n) is 3.38. The lowest BCUT2D eigenvalue weighted by Crippen LogP contribution is -2.31. The average molecular weight is 425 g/mol. The van der Waals surface area contributed by atoms with E-state index in [2.05, 4.69) is 0 Å². The Morgan fingerprint density at radius 2 is 1.62 bits per heavy atom. The van der Waals surface area contributed by atoms with E-state index in [9.17, 15) is 9.59 Å². The zero-order valence-corrected chi connectivity index (χ0v) is 17.7. The summed E-state index contributed by atoms with van der Waals surface area (Å²) in [6, 6.07) is 26.6. The van der Waals surface area contributed by atoms with Crippen LogP contribution in [0.1, 0.15) is 15.9 Å². The number of rotatable bonds is 8. The summed E-state index contributed by atoms with van der Waals surface area (Å²) < 4.78 is 7.42. The van der Waals surface area contributed by atoms with Crippen LogP contribution in [0, 0.1) is 0 Å². The first-order valence-electron chi connectivity index (χ1n) is 10.3. The third-order valence-corrected chi connectivity index (χ3v) is 5.09. The standard InChI is InChI=1S/C26H23N3O3/c1-28(25(31)19-32-24-15-9-8-12-21(24)18-30)16-22-17-29(23-13-6-3-7-14-23)27-26(22)20-10-4-2-5-11-20/h2-15,17-18H,16,19H2,1H3. The van der Waals surface area contributed by atoms with Crippen LogP contribution in [-0.4, -0.2) is 40.5 Å². The Kier molecular flexibility index (Phi) is 6.41. The number of hydrogen-bond donors (Lipinski definition) is 0. The molecular formula is C26H23N3O3. The normalized spacial score (nSPS) is 10.5. The highest BCUT2D eigenvalue weighted by Gasteiger charge is 2.17. The highest BCUT2D eigenvalue weighted by atomic mass is 16.5. The molecular weight excluding hydrogens is 402 g/mol. The number of para-hydroxylation sites is 2. The summed E-state index contributed by atoms with van der Waals surface area (Å²) in [5.41, 5.74) is 4.08. The van der Waals surface area contributed by atoms with Gasteiger partial charge in [0.05, 0.1) is 16.9 Å². The molecule has 0 saturated heterocycles. The van der Waals surface area contributed by atoms with Crippen molar-refractivity contribution in [3.63, 3.8) is 0 Å². The number of nitrogens with zero attached hydrogens (tertiary/aromatic N) is 3. The van der Waals surface area contributed by atoms with Gasteiger partial charge in [-0.1, -0.05) is 60.7 Å². The van der Waals surface area contributed by atoms with Crippen molar-refractivity contribution in [2.45, 2.75) is 6.54 Å². The molecule has 1 aromatic heterocycles. The van der Waals surface area contributed by atoms with Crippen LogP contribution in [0.4, 0.5) is 0 Å². The topological polar surface area (TPSA) is 64.4 Å². The van der Waals surface area contributed by atoms with Crippen LogP contribution in [0.15, 0.2) is 91.1 Å². The van der Waals surface area contributed by atoms with E-state index in [-0.39, 0.29) is 12.5 Å². The van der Waals surface area contributed by atoms with E-state index in [0.29, 0.717) is 24.1 Å². The second kappa shape index (κ2) is 9.75. The minimum Gasteiger partial charge on any atom is -0.483 e. The van der Waals surface area contributed by atoms with Gasteiger partial charge in [-0.05, 0) is 24.3 Å². The van der Waals surface area contributed by atoms with Gasteiger partial charge in [-0.3, -0.25) is 9.59 Å². The molecule has 160 valence electrons. The van der Waals surface area contributed by atoms with Crippen LogP contribution in [0.3, 0.4) is 0 Å². The van der Waals surface area contributed by atoms with Gasteiger partial charge in [0.25, 0.3) is 5.91 Å². The first-order chi connectivity index (χ1) is 15.7. The second-order valence-corrected chi connectivity index (χ2v) is 7.34. The average Bonchev–Trinajstić information content (AvgIpc) is 3.27. The van der Waals surface area contributed by atoms with Gasteiger partial charge in [0.2, 0.25) is 0 Å². The molecule has 6 heteroatoms. The summed E-state index contributed by atoms with van der Waals surface area (Å²) in [6.07, 6.45) is 2.66. The number of amides is 1. The van der Waals surface area contributed by atoms with E-state index >= 15 is 0 Å². The Morgan fingerprint density at radius 3 is 2.34 bits per heavy atom. The third kappa shape index (κ3) is 4.75. The van der Waals surface area contributed by atoms with Gasteiger partial charge >= 0.3 is 0 Å². The molecule has 4 rings (SSSR count). The van der Waals surface area contributed by atoms with E-state index in [4.69, 9.17) is 9.84 Å². The summed E-state index contributed by atoms with van der Waals surface area (Å²) in [6.45, 7) is 0.212. The first-order valence-corrected chi connectivity index (χ1v) is 10.3. The van der Waals surface area contributed by atoms with Gasteiger partial charge in [-0.2, -0.15) is 5.10 Å². The number of likely N-dealkylation sites (N-methyl/N-ethyl adjacent to an activating group) is 1. The first kappa shape index (κ1) is 21.1. The SMILES string of the molecule is CN(Cc1cn(-c2ccccc2)nc1-c1ccccc1)C(=O)COc1ccccc1C=O. The largest absolute Gasteiger partial charge is 0.483 e. The summed E-state index contributed by atoms with van der Waals surface area (Å²) >= 11 is 0. The Bertz CT molecular complexity index is 1200. The number of carbonyl (C=O) groups is 2. The van der Waals surface area contributed by atoms with Crippen molar-refractivity contribution >= 4 is 12.2 Å². The van der Waals surface area contributed by atoms with Crippen LogP contribution in [-0.2, 0) is 11.3 Å². The molecule has 32 heavy (non-hydrogen) atoms. The van der Waals surface area contributed by atoms with Crippen molar-refractivity contribution in [2.24, 2.45) is 0 Å². The lowest BCUT2D eigenvalue weighted by Gasteiger charge is -2.18. The van der Waals surface area contributed by atoms with E-state index < -0.39 is 0 Å². The summed E-state index contributed by atoms with van der Waals surface area (Å²) in [5.74, 6) is 0.197. The Labute approximate surface area is 186 Å². The van der Waals surface area contributed by atoms with Gasteiger partial charge in [0.1, 0.15) is 5.75 Å². The van der Waals surface area contributed by atoms with Crippen molar-refractivity contribution < 1.29 is 14.3 Å². The lowest BCUT2D eigenvalue weighted by molar-refractivity contribution is -0.132. The molecule has 0 saturated carbocycles. The molecule has 6 nitrogen and oxygen atoms in total. The number of carbonyl (C=O) groups excluding carboxylic acids is 2. The smallest absolute Gasteiger partial charge is 0.260 e. The minimum absolute atomic E-state index is 0.158. The van der Waals surface area contributed by atoms with Gasteiger partial charge in [0.15, 0.2) is 12.9 Å². The molecule has 1 amide bonds. The van der Waals surface area contributed by atoms with Crippen LogP contribution < -0.4 is 4.74 Å². The predicted octanol–water partition coefficient (Wildman–Crippen LogP) is 4.39. The van der Waals surface area contributed by atoms with E-state index in [0.717, 1.165) is 22.5 Å². The van der Waals surface area contributed by atoms with Crippen molar-refractivity contribution in [2.75, 3.05) is 13.7 Å². The molecule has 0 fully saturated rings. The maximum absolute atomic E-state index is 12.7. The van der Waals surface area contributed by atoms with Crippen LogP contribution >= 0.6 is 0 Å². The molecule has 0 aliphatic carbocycles. The van der Waals surface area contributed by atoms with Gasteiger partial charge in [-0.15, -0.1) is 0 Å². The van der Waals surface area contributed by atoms with E-state index in [1.807, 2.05) is 71.5 Å². The third-order valence-electron chi connectivity index (χ3n) is 5.09. The van der Waals surface area contributed by atoms with Gasteiger partial charge < -0.3 is 9.64 Å². The van der Waals surface area contributed by atoms with Gasteiger partial charge in [0, 0.05) is 30.9 Å². The molecule has 1 heterocycles. The highest BCUT2D eigenvalue weighted by molar-refractivity contribution is 5.81. The monoisotopic (exact) mass is 425 g/mol. The second-order valence-electron chi connectivity index (χ2n) is 7.34. The summed E-state index contributed by atoms with van der Waals surface area (Å²) in [7, 11) is 1.73. The predicted molar refractivity (Wildman–Crippen MR) is 123 cm³/mol. The van der Waals surface area contributed by atoms with E-state index in [1.165, 1.54) is 0 Å². The zero-order chi connectivity index (χ0) is 22.3. The van der Waals surface area contributed by atoms with Crippen molar-refractivity contribution in [3.8, 4) is 22.7 Å². The minimum atomic E-state index is -0.197. The maximum atomic E-state index is 12.7. The molecule has 0 atom stereocenters. The van der Waals surface area contributed by atoms with Crippen molar-refractivity contribution in [3.05, 3.63) is 102 Å². The number of hydrogen-bond acceptors (Lipinski definition) is 4. The summed E-state index contributed by atoms with van der Waals surface area (Å²) in [4.78, 5) is 25.5. The number of ether oxygens (including phenoxy) is 1. The zero-order valence-electron chi connectivity index (χ0n) is 17.7. The fourth-order valence-corrected chi connectivity index (χ4v) is 3.38. The van der Waals surface area contributed by atoms with E-state index in [1.54, 1.807) is 36.2 Å². The number of benzene rings is 3. The lowest BCUT2D eigenvalue weighted by atomic mass is 10.1. The molecule has 0 aliphatic rings. The molecule has 0 aliphatic heterocycles. The molecule has 0 spiro atoms. The van der Waals surface area contributed by atoms with Crippen molar-refractivity contribution in [1.29, 1.82) is 0 Å².